The lowest BCUT2D eigenvalue weighted by molar-refractivity contribution is 0.294. The van der Waals surface area contributed by atoms with Crippen molar-refractivity contribution in [3.63, 3.8) is 0 Å². The molecule has 0 amide bonds. The van der Waals surface area contributed by atoms with E-state index in [1.807, 2.05) is 0 Å². The highest BCUT2D eigenvalue weighted by Crippen LogP contribution is 2.14. The minimum Gasteiger partial charge on any atom is -0.367 e. The summed E-state index contributed by atoms with van der Waals surface area (Å²) in [4.78, 5) is 0. The van der Waals surface area contributed by atoms with Crippen molar-refractivity contribution in [2.45, 2.75) is 19.6 Å². The summed E-state index contributed by atoms with van der Waals surface area (Å²) in [6, 6.07) is 0. The third kappa shape index (κ3) is 3.49. The molecule has 0 N–H and O–H groups in total. The van der Waals surface area contributed by atoms with Crippen LogP contribution in [0.1, 0.15) is 0 Å². The van der Waals surface area contributed by atoms with E-state index in [0.29, 0.717) is 0 Å². The molecular formula is C7H14OSi. The third-order valence-electron chi connectivity index (χ3n) is 1.13. The number of hydrogen-bond acceptors (Lipinski definition) is 1. The van der Waals surface area contributed by atoms with Gasteiger partial charge in [-0.05, 0) is 0 Å². The zero-order valence-corrected chi connectivity index (χ0v) is 7.62. The molecule has 0 aliphatic rings. The molecular weight excluding hydrogens is 128 g/mol. The minimum absolute atomic E-state index is 1.03. The molecule has 1 nitrogen and oxygen atoms in total. The Hall–Kier alpha value is -0.0831. The first-order valence-electron chi connectivity index (χ1n) is 2.97. The highest BCUT2D eigenvalue weighted by Gasteiger charge is 2.17. The van der Waals surface area contributed by atoms with Gasteiger partial charge < -0.3 is 4.74 Å². The fourth-order valence-electron chi connectivity index (χ4n) is 0.276. The molecule has 9 heavy (non-hydrogen) atoms. The Morgan fingerprint density at radius 1 is 1.44 bits per heavy atom. The van der Waals surface area contributed by atoms with E-state index in [0.717, 1.165) is 5.20 Å². The van der Waals surface area contributed by atoms with Gasteiger partial charge in [-0.15, -0.1) is 6.58 Å². The van der Waals surface area contributed by atoms with Crippen molar-refractivity contribution in [2.24, 2.45) is 0 Å². The summed E-state index contributed by atoms with van der Waals surface area (Å²) in [5.41, 5.74) is 0. The number of hydrogen-bond donors (Lipinski definition) is 0. The van der Waals surface area contributed by atoms with Crippen LogP contribution in [0.15, 0.2) is 11.8 Å². The van der Waals surface area contributed by atoms with E-state index in [1.165, 1.54) is 0 Å². The molecule has 0 saturated heterocycles. The molecule has 0 bridgehead atoms. The first-order valence-corrected chi connectivity index (χ1v) is 6.47. The van der Waals surface area contributed by atoms with Crippen LogP contribution >= 0.6 is 0 Å². The molecule has 0 aliphatic heterocycles. The van der Waals surface area contributed by atoms with Crippen molar-refractivity contribution >= 4 is 8.07 Å². The number of methoxy groups -OCH3 is 1. The zero-order chi connectivity index (χ0) is 7.49. The molecule has 0 heterocycles. The van der Waals surface area contributed by atoms with E-state index in [-0.39, 0.29) is 0 Å². The predicted octanol–water partition coefficient (Wildman–Crippen LogP) is 2.11. The van der Waals surface area contributed by atoms with Crippen LogP contribution in [0.3, 0.4) is 0 Å². The van der Waals surface area contributed by atoms with Crippen LogP contribution in [-0.4, -0.2) is 15.2 Å². The van der Waals surface area contributed by atoms with Gasteiger partial charge >= 0.3 is 0 Å². The first kappa shape index (κ1) is 8.92. The van der Waals surface area contributed by atoms with Crippen LogP contribution < -0.4 is 0 Å². The van der Waals surface area contributed by atoms with Crippen molar-refractivity contribution in [1.82, 2.24) is 0 Å². The van der Waals surface area contributed by atoms with E-state index in [9.17, 15) is 0 Å². The van der Waals surface area contributed by atoms with Gasteiger partial charge in [0.05, 0.1) is 8.07 Å². The molecule has 0 atom stereocenters. The highest BCUT2D eigenvalue weighted by molar-refractivity contribution is 6.83. The van der Waals surface area contributed by atoms with E-state index >= 15 is 0 Å². The highest BCUT2D eigenvalue weighted by atomic mass is 28.3. The van der Waals surface area contributed by atoms with Crippen LogP contribution in [0.5, 0.6) is 0 Å². The molecule has 0 spiro atoms. The fourth-order valence-corrected chi connectivity index (χ4v) is 0.685. The van der Waals surface area contributed by atoms with Crippen LogP contribution in [0.4, 0.5) is 0 Å². The lowest BCUT2D eigenvalue weighted by Crippen LogP contribution is -2.23. The van der Waals surface area contributed by atoms with Crippen molar-refractivity contribution in [1.29, 1.82) is 0 Å². The SMILES string of the molecule is C=C([C]OC)[Si](C)(C)C. The monoisotopic (exact) mass is 142 g/mol. The summed E-state index contributed by atoms with van der Waals surface area (Å²) in [6.07, 6.45) is 0. The molecule has 2 heteroatoms. The van der Waals surface area contributed by atoms with Crippen LogP contribution in [0.2, 0.25) is 19.6 Å². The van der Waals surface area contributed by atoms with Gasteiger partial charge in [0.25, 0.3) is 0 Å². The van der Waals surface area contributed by atoms with Crippen molar-refractivity contribution in [3.8, 4) is 0 Å². The Bertz CT molecular complexity index is 102. The Kier molecular flexibility index (Phi) is 3.15. The average molecular weight is 142 g/mol. The smallest absolute Gasteiger partial charge is 0.156 e. The summed E-state index contributed by atoms with van der Waals surface area (Å²) in [6.45, 7) is 13.2. The summed E-state index contributed by atoms with van der Waals surface area (Å²) in [5, 5.41) is 1.03. The van der Waals surface area contributed by atoms with Crippen molar-refractivity contribution in [3.05, 3.63) is 18.4 Å². The average Bonchev–Trinajstić information content (AvgIpc) is 1.64. The Balaban J connectivity index is 3.74. The molecule has 0 aromatic carbocycles. The molecule has 0 unspecified atom stereocenters. The van der Waals surface area contributed by atoms with Gasteiger partial charge in [-0.3, -0.25) is 0 Å². The lowest BCUT2D eigenvalue weighted by Gasteiger charge is -2.16. The largest absolute Gasteiger partial charge is 0.367 e. The molecule has 0 saturated carbocycles. The second kappa shape index (κ2) is 3.18. The maximum absolute atomic E-state index is 4.72. The van der Waals surface area contributed by atoms with Gasteiger partial charge in [0.15, 0.2) is 6.61 Å². The van der Waals surface area contributed by atoms with Crippen LogP contribution in [-0.2, 0) is 4.74 Å². The molecule has 2 radical (unpaired) electrons. The maximum Gasteiger partial charge on any atom is 0.156 e. The summed E-state index contributed by atoms with van der Waals surface area (Å²) < 4.78 is 4.72. The number of ether oxygens (including phenoxy) is 1. The molecule has 0 aromatic rings. The van der Waals surface area contributed by atoms with Gasteiger partial charge in [0, 0.05) is 7.11 Å². The van der Waals surface area contributed by atoms with E-state index in [1.54, 1.807) is 7.11 Å². The molecule has 0 aliphatic carbocycles. The maximum atomic E-state index is 4.72. The van der Waals surface area contributed by atoms with Gasteiger partial charge in [-0.1, -0.05) is 24.8 Å². The van der Waals surface area contributed by atoms with Gasteiger partial charge in [-0.2, -0.15) is 0 Å². The standard InChI is InChI=1S/C7H14OSi/c1-7(6-8-2)9(3,4)5/h1H2,2-5H3. The van der Waals surface area contributed by atoms with Crippen molar-refractivity contribution in [2.75, 3.05) is 7.11 Å². The quantitative estimate of drug-likeness (QED) is 0.548. The van der Waals surface area contributed by atoms with Crippen molar-refractivity contribution < 1.29 is 4.74 Å². The lowest BCUT2D eigenvalue weighted by atomic mass is 10.7. The molecule has 0 aromatic heterocycles. The second-order valence-electron chi connectivity index (χ2n) is 3.03. The van der Waals surface area contributed by atoms with Gasteiger partial charge in [-0.25, -0.2) is 0 Å². The zero-order valence-electron chi connectivity index (χ0n) is 6.62. The molecule has 52 valence electrons. The third-order valence-corrected chi connectivity index (χ3v) is 3.04. The van der Waals surface area contributed by atoms with Crippen LogP contribution in [0.25, 0.3) is 0 Å². The normalized spacial score (nSPS) is 11.6. The molecule has 0 fully saturated rings. The molecule has 0 rings (SSSR count). The second-order valence-corrected chi connectivity index (χ2v) is 8.14. The minimum atomic E-state index is -1.21. The Labute approximate surface area is 58.7 Å². The van der Waals surface area contributed by atoms with E-state index < -0.39 is 8.07 Å². The Morgan fingerprint density at radius 3 is 2.00 bits per heavy atom. The topological polar surface area (TPSA) is 9.23 Å². The van der Waals surface area contributed by atoms with E-state index in [4.69, 9.17) is 4.74 Å². The van der Waals surface area contributed by atoms with E-state index in [2.05, 4.69) is 32.8 Å². The summed E-state index contributed by atoms with van der Waals surface area (Å²) in [5.74, 6) is 0. The summed E-state index contributed by atoms with van der Waals surface area (Å²) >= 11 is 0. The summed E-state index contributed by atoms with van der Waals surface area (Å²) in [7, 11) is 0.390. The predicted molar refractivity (Wildman–Crippen MR) is 42.7 cm³/mol. The number of rotatable bonds is 3. The van der Waals surface area contributed by atoms with Crippen LogP contribution in [0, 0.1) is 6.61 Å². The first-order chi connectivity index (χ1) is 3.98. The van der Waals surface area contributed by atoms with Gasteiger partial charge in [0.2, 0.25) is 0 Å². The van der Waals surface area contributed by atoms with Gasteiger partial charge in [0.1, 0.15) is 0 Å². The Morgan fingerprint density at radius 2 is 1.89 bits per heavy atom. The fraction of sp³-hybridized carbons (Fsp3) is 0.571.